The third-order valence-corrected chi connectivity index (χ3v) is 4.85. The Hall–Kier alpha value is -1.43. The van der Waals surface area contributed by atoms with Crippen molar-refractivity contribution in [2.24, 2.45) is 5.92 Å². The van der Waals surface area contributed by atoms with Gasteiger partial charge in [-0.3, -0.25) is 4.79 Å². The molecule has 0 bridgehead atoms. The van der Waals surface area contributed by atoms with Crippen molar-refractivity contribution in [1.82, 2.24) is 15.5 Å². The van der Waals surface area contributed by atoms with Gasteiger partial charge in [-0.05, 0) is 38.3 Å². The molecular formula is C19H29N3O2. The summed E-state index contributed by atoms with van der Waals surface area (Å²) in [4.78, 5) is 14.6. The lowest BCUT2D eigenvalue weighted by atomic mass is 10.0. The van der Waals surface area contributed by atoms with E-state index in [1.165, 1.54) is 24.0 Å². The van der Waals surface area contributed by atoms with Crippen molar-refractivity contribution in [1.29, 1.82) is 0 Å². The second-order valence-corrected chi connectivity index (χ2v) is 7.18. The summed E-state index contributed by atoms with van der Waals surface area (Å²) in [6.07, 6.45) is 2.58. The van der Waals surface area contributed by atoms with Gasteiger partial charge in [0.15, 0.2) is 0 Å². The Morgan fingerprint density at radius 2 is 2.08 bits per heavy atom. The summed E-state index contributed by atoms with van der Waals surface area (Å²) in [5.41, 5.74) is 2.47. The Morgan fingerprint density at radius 1 is 1.33 bits per heavy atom. The molecule has 0 spiro atoms. The Labute approximate surface area is 144 Å². The maximum Gasteiger partial charge on any atom is 0.234 e. The average molecular weight is 331 g/mol. The van der Waals surface area contributed by atoms with E-state index in [1.54, 1.807) is 0 Å². The van der Waals surface area contributed by atoms with Gasteiger partial charge in [0.05, 0.1) is 25.3 Å². The minimum absolute atomic E-state index is 0.0663. The van der Waals surface area contributed by atoms with Crippen molar-refractivity contribution in [3.63, 3.8) is 0 Å². The molecule has 1 saturated carbocycles. The number of aryl methyl sites for hydroxylation is 1. The summed E-state index contributed by atoms with van der Waals surface area (Å²) >= 11 is 0. The number of nitrogens with zero attached hydrogens (tertiary/aromatic N) is 1. The number of nitrogens with one attached hydrogen (secondary N) is 2. The lowest BCUT2D eigenvalue weighted by molar-refractivity contribution is -0.121. The van der Waals surface area contributed by atoms with Crippen LogP contribution in [-0.4, -0.2) is 56.7 Å². The summed E-state index contributed by atoms with van der Waals surface area (Å²) in [5, 5.41) is 6.45. The number of morpholine rings is 1. The number of carbonyl (C=O) groups excluding carboxylic acids is 1. The highest BCUT2D eigenvalue weighted by Crippen LogP contribution is 2.40. The Morgan fingerprint density at radius 3 is 2.75 bits per heavy atom. The topological polar surface area (TPSA) is 53.6 Å². The molecule has 1 aliphatic carbocycles. The zero-order valence-corrected chi connectivity index (χ0v) is 14.8. The van der Waals surface area contributed by atoms with Crippen LogP contribution in [0.5, 0.6) is 0 Å². The van der Waals surface area contributed by atoms with Gasteiger partial charge in [0.1, 0.15) is 0 Å². The van der Waals surface area contributed by atoms with E-state index < -0.39 is 0 Å². The van der Waals surface area contributed by atoms with Gasteiger partial charge in [-0.2, -0.15) is 0 Å². The second kappa shape index (κ2) is 8.10. The molecule has 2 N–H and O–H groups in total. The molecule has 1 saturated heterocycles. The largest absolute Gasteiger partial charge is 0.374 e. The molecule has 5 heteroatoms. The first-order valence-corrected chi connectivity index (χ1v) is 8.98. The van der Waals surface area contributed by atoms with Crippen LogP contribution in [0.2, 0.25) is 0 Å². The SMILES string of the molecule is Cc1ccc([C@@H](NC(=O)CNC[C@H]2CN(C)CCO2)C2CC2)cc1. The minimum atomic E-state index is 0.0663. The van der Waals surface area contributed by atoms with Gasteiger partial charge in [0, 0.05) is 19.6 Å². The first-order chi connectivity index (χ1) is 11.6. The first kappa shape index (κ1) is 17.4. The quantitative estimate of drug-likeness (QED) is 0.795. The van der Waals surface area contributed by atoms with Crippen LogP contribution in [0.1, 0.15) is 30.0 Å². The number of hydrogen-bond donors (Lipinski definition) is 2. The molecular weight excluding hydrogens is 302 g/mol. The predicted molar refractivity (Wildman–Crippen MR) is 94.9 cm³/mol. The predicted octanol–water partition coefficient (Wildman–Crippen LogP) is 1.48. The summed E-state index contributed by atoms with van der Waals surface area (Å²) in [6, 6.07) is 8.66. The average Bonchev–Trinajstić information content (AvgIpc) is 3.38. The van der Waals surface area contributed by atoms with Crippen molar-refractivity contribution >= 4 is 5.91 Å². The van der Waals surface area contributed by atoms with Crippen LogP contribution in [0.4, 0.5) is 0 Å². The molecule has 24 heavy (non-hydrogen) atoms. The van der Waals surface area contributed by atoms with Crippen LogP contribution < -0.4 is 10.6 Å². The Kier molecular flexibility index (Phi) is 5.87. The highest BCUT2D eigenvalue weighted by molar-refractivity contribution is 5.78. The molecule has 0 radical (unpaired) electrons. The Balaban J connectivity index is 1.45. The van der Waals surface area contributed by atoms with Crippen molar-refractivity contribution in [2.75, 3.05) is 39.8 Å². The summed E-state index contributed by atoms with van der Waals surface area (Å²) in [6.45, 7) is 5.82. The van der Waals surface area contributed by atoms with E-state index >= 15 is 0 Å². The molecule has 1 amide bonds. The lowest BCUT2D eigenvalue weighted by Crippen LogP contribution is -2.46. The molecule has 1 aliphatic heterocycles. The van der Waals surface area contributed by atoms with Crippen LogP contribution in [0.3, 0.4) is 0 Å². The van der Waals surface area contributed by atoms with Gasteiger partial charge in [0.2, 0.25) is 5.91 Å². The van der Waals surface area contributed by atoms with E-state index in [1.807, 2.05) is 0 Å². The van der Waals surface area contributed by atoms with Gasteiger partial charge in [-0.1, -0.05) is 29.8 Å². The number of carbonyl (C=O) groups is 1. The molecule has 2 atom stereocenters. The van der Waals surface area contributed by atoms with E-state index in [2.05, 4.69) is 53.8 Å². The smallest absolute Gasteiger partial charge is 0.234 e. The van der Waals surface area contributed by atoms with Crippen molar-refractivity contribution in [3.8, 4) is 0 Å². The number of amides is 1. The van der Waals surface area contributed by atoms with Crippen LogP contribution >= 0.6 is 0 Å². The number of likely N-dealkylation sites (N-methyl/N-ethyl adjacent to an activating group) is 1. The number of rotatable bonds is 7. The van der Waals surface area contributed by atoms with Crippen molar-refractivity contribution < 1.29 is 9.53 Å². The maximum absolute atomic E-state index is 12.3. The maximum atomic E-state index is 12.3. The monoisotopic (exact) mass is 331 g/mol. The van der Waals surface area contributed by atoms with Crippen molar-refractivity contribution in [3.05, 3.63) is 35.4 Å². The molecule has 0 unspecified atom stereocenters. The van der Waals surface area contributed by atoms with Gasteiger partial charge in [-0.15, -0.1) is 0 Å². The fourth-order valence-corrected chi connectivity index (χ4v) is 3.24. The zero-order valence-electron chi connectivity index (χ0n) is 14.8. The van der Waals surface area contributed by atoms with E-state index in [0.29, 0.717) is 12.5 Å². The first-order valence-electron chi connectivity index (χ1n) is 8.98. The highest BCUT2D eigenvalue weighted by atomic mass is 16.5. The second-order valence-electron chi connectivity index (χ2n) is 7.18. The molecule has 1 aromatic carbocycles. The molecule has 0 aromatic heterocycles. The minimum Gasteiger partial charge on any atom is -0.374 e. The van der Waals surface area contributed by atoms with Crippen LogP contribution in [-0.2, 0) is 9.53 Å². The van der Waals surface area contributed by atoms with Gasteiger partial charge in [0.25, 0.3) is 0 Å². The van der Waals surface area contributed by atoms with E-state index in [0.717, 1.165) is 26.2 Å². The number of hydrogen-bond acceptors (Lipinski definition) is 4. The number of ether oxygens (including phenoxy) is 1. The van der Waals surface area contributed by atoms with Gasteiger partial charge >= 0.3 is 0 Å². The summed E-state index contributed by atoms with van der Waals surface area (Å²) < 4.78 is 5.70. The molecule has 1 aromatic rings. The standard InChI is InChI=1S/C19H29N3O2/c1-14-3-5-15(6-4-14)19(16-7-8-16)21-18(23)12-20-11-17-13-22(2)9-10-24-17/h3-6,16-17,19-20H,7-13H2,1-2H3,(H,21,23)/t17-,19+/m0/s1. The zero-order chi connectivity index (χ0) is 16.9. The lowest BCUT2D eigenvalue weighted by Gasteiger charge is -2.30. The van der Waals surface area contributed by atoms with E-state index in [-0.39, 0.29) is 18.1 Å². The third kappa shape index (κ3) is 5.03. The summed E-state index contributed by atoms with van der Waals surface area (Å²) in [5.74, 6) is 0.656. The van der Waals surface area contributed by atoms with E-state index in [9.17, 15) is 4.79 Å². The van der Waals surface area contributed by atoms with Gasteiger partial charge in [-0.25, -0.2) is 0 Å². The van der Waals surface area contributed by atoms with Gasteiger partial charge < -0.3 is 20.3 Å². The highest BCUT2D eigenvalue weighted by Gasteiger charge is 2.33. The normalized spacial score (nSPS) is 23.0. The van der Waals surface area contributed by atoms with E-state index in [4.69, 9.17) is 4.74 Å². The molecule has 3 rings (SSSR count). The molecule has 2 aliphatic rings. The number of benzene rings is 1. The fourth-order valence-electron chi connectivity index (χ4n) is 3.24. The van der Waals surface area contributed by atoms with Crippen LogP contribution in [0.15, 0.2) is 24.3 Å². The molecule has 5 nitrogen and oxygen atoms in total. The molecule has 2 fully saturated rings. The summed E-state index contributed by atoms with van der Waals surface area (Å²) in [7, 11) is 2.10. The fraction of sp³-hybridized carbons (Fsp3) is 0.632. The Bertz CT molecular complexity index is 542. The van der Waals surface area contributed by atoms with Crippen LogP contribution in [0.25, 0.3) is 0 Å². The van der Waals surface area contributed by atoms with Crippen molar-refractivity contribution in [2.45, 2.75) is 31.9 Å². The molecule has 1 heterocycles. The third-order valence-electron chi connectivity index (χ3n) is 4.85. The molecule has 132 valence electrons. The van der Waals surface area contributed by atoms with Crippen LogP contribution in [0, 0.1) is 12.8 Å².